The fourth-order valence-corrected chi connectivity index (χ4v) is 2.93. The molecule has 0 aromatic heterocycles. The quantitative estimate of drug-likeness (QED) is 0.516. The van der Waals surface area contributed by atoms with Gasteiger partial charge in [0.15, 0.2) is 0 Å². The lowest BCUT2D eigenvalue weighted by Gasteiger charge is -2.22. The molecule has 0 heterocycles. The van der Waals surface area contributed by atoms with Crippen molar-refractivity contribution >= 4 is 16.7 Å². The minimum atomic E-state index is -0.418. The van der Waals surface area contributed by atoms with E-state index >= 15 is 0 Å². The molecule has 0 unspecified atom stereocenters. The number of aromatic hydroxyl groups is 1. The van der Waals surface area contributed by atoms with E-state index in [0.29, 0.717) is 17.1 Å². The van der Waals surface area contributed by atoms with E-state index < -0.39 is 5.97 Å². The van der Waals surface area contributed by atoms with Crippen LogP contribution >= 0.6 is 0 Å². The van der Waals surface area contributed by atoms with Gasteiger partial charge in [-0.25, -0.2) is 4.79 Å². The second kappa shape index (κ2) is 5.24. The smallest absolute Gasteiger partial charge is 0.338 e. The van der Waals surface area contributed by atoms with Gasteiger partial charge < -0.3 is 9.84 Å². The van der Waals surface area contributed by atoms with Gasteiger partial charge in [-0.2, -0.15) is 0 Å². The number of rotatable bonds is 2. The van der Waals surface area contributed by atoms with Crippen molar-refractivity contribution in [3.05, 3.63) is 47.5 Å². The predicted molar refractivity (Wildman–Crippen MR) is 82.7 cm³/mol. The standard InChI is InChI=1S/C18H18O3/c1-11(2)18(20)21-17-14-9-5-3-7-12(14)16(19)13-8-4-6-10-15(13)17/h3,5,7,9,19H,1,4,6,8,10H2,2H3. The number of benzene rings is 2. The summed E-state index contributed by atoms with van der Waals surface area (Å²) in [7, 11) is 0. The minimum absolute atomic E-state index is 0.329. The van der Waals surface area contributed by atoms with Gasteiger partial charge in [-0.3, -0.25) is 0 Å². The lowest BCUT2D eigenvalue weighted by molar-refractivity contribution is -0.130. The van der Waals surface area contributed by atoms with Crippen LogP contribution in [-0.4, -0.2) is 11.1 Å². The molecule has 0 saturated heterocycles. The molecule has 0 saturated carbocycles. The molecule has 3 nitrogen and oxygen atoms in total. The zero-order valence-electron chi connectivity index (χ0n) is 12.1. The second-order valence-corrected chi connectivity index (χ2v) is 5.56. The van der Waals surface area contributed by atoms with Crippen LogP contribution in [0.1, 0.15) is 30.9 Å². The number of carbonyl (C=O) groups excluding carboxylic acids is 1. The second-order valence-electron chi connectivity index (χ2n) is 5.56. The van der Waals surface area contributed by atoms with E-state index in [2.05, 4.69) is 6.58 Å². The van der Waals surface area contributed by atoms with Crippen LogP contribution in [0.3, 0.4) is 0 Å². The van der Waals surface area contributed by atoms with Crippen LogP contribution in [0.15, 0.2) is 36.4 Å². The summed E-state index contributed by atoms with van der Waals surface area (Å²) >= 11 is 0. The van der Waals surface area contributed by atoms with E-state index in [0.717, 1.165) is 47.6 Å². The van der Waals surface area contributed by atoms with Crippen LogP contribution in [-0.2, 0) is 17.6 Å². The highest BCUT2D eigenvalue weighted by molar-refractivity contribution is 5.99. The van der Waals surface area contributed by atoms with Gasteiger partial charge in [0.1, 0.15) is 11.5 Å². The Morgan fingerprint density at radius 1 is 1.14 bits per heavy atom. The summed E-state index contributed by atoms with van der Waals surface area (Å²) < 4.78 is 5.59. The first kappa shape index (κ1) is 13.7. The molecule has 0 fully saturated rings. The van der Waals surface area contributed by atoms with Gasteiger partial charge in [-0.05, 0) is 32.6 Å². The number of phenolic OH excluding ortho intramolecular Hbond substituents is 1. The highest BCUT2D eigenvalue weighted by Gasteiger charge is 2.23. The molecule has 2 aromatic carbocycles. The number of fused-ring (bicyclic) bond motifs is 2. The summed E-state index contributed by atoms with van der Waals surface area (Å²) in [6.45, 7) is 5.27. The first-order chi connectivity index (χ1) is 10.1. The van der Waals surface area contributed by atoms with Gasteiger partial charge in [0.2, 0.25) is 0 Å². The molecular formula is C18H18O3. The van der Waals surface area contributed by atoms with Crippen LogP contribution in [0.4, 0.5) is 0 Å². The number of ether oxygens (including phenoxy) is 1. The highest BCUT2D eigenvalue weighted by Crippen LogP contribution is 2.43. The van der Waals surface area contributed by atoms with Crippen molar-refractivity contribution in [1.82, 2.24) is 0 Å². The summed E-state index contributed by atoms with van der Waals surface area (Å²) in [4.78, 5) is 11.9. The number of phenols is 1. The lowest BCUT2D eigenvalue weighted by atomic mass is 9.87. The van der Waals surface area contributed by atoms with Gasteiger partial charge in [0, 0.05) is 27.5 Å². The molecule has 3 rings (SSSR count). The molecule has 2 aromatic rings. The van der Waals surface area contributed by atoms with Crippen LogP contribution in [0.5, 0.6) is 11.5 Å². The summed E-state index contributed by atoms with van der Waals surface area (Å²) in [5, 5.41) is 12.0. The van der Waals surface area contributed by atoms with E-state index in [4.69, 9.17) is 4.74 Å². The van der Waals surface area contributed by atoms with Crippen molar-refractivity contribution in [2.45, 2.75) is 32.6 Å². The van der Waals surface area contributed by atoms with Gasteiger partial charge in [-0.1, -0.05) is 30.8 Å². The number of hydrogen-bond donors (Lipinski definition) is 1. The van der Waals surface area contributed by atoms with E-state index in [1.807, 2.05) is 24.3 Å². The average molecular weight is 282 g/mol. The zero-order valence-corrected chi connectivity index (χ0v) is 12.1. The molecule has 0 radical (unpaired) electrons. The fraction of sp³-hybridized carbons (Fsp3) is 0.278. The number of esters is 1. The SMILES string of the molecule is C=C(C)C(=O)Oc1c2c(c(O)c3ccccc13)CCCC2. The highest BCUT2D eigenvalue weighted by atomic mass is 16.5. The van der Waals surface area contributed by atoms with Crippen LogP contribution in [0, 0.1) is 0 Å². The molecule has 0 atom stereocenters. The van der Waals surface area contributed by atoms with Crippen LogP contribution in [0.25, 0.3) is 10.8 Å². The van der Waals surface area contributed by atoms with Gasteiger partial charge in [-0.15, -0.1) is 0 Å². The van der Waals surface area contributed by atoms with Crippen molar-refractivity contribution in [2.24, 2.45) is 0 Å². The molecule has 108 valence electrons. The summed E-state index contributed by atoms with van der Waals surface area (Å²) in [5.41, 5.74) is 2.26. The summed E-state index contributed by atoms with van der Waals surface area (Å²) in [6.07, 6.45) is 3.74. The molecule has 0 aliphatic heterocycles. The van der Waals surface area contributed by atoms with Crippen LogP contribution in [0.2, 0.25) is 0 Å². The normalized spacial score (nSPS) is 13.8. The largest absolute Gasteiger partial charge is 0.507 e. The fourth-order valence-electron chi connectivity index (χ4n) is 2.93. The lowest BCUT2D eigenvalue weighted by Crippen LogP contribution is -2.13. The van der Waals surface area contributed by atoms with Crippen LogP contribution < -0.4 is 4.74 Å². The third-order valence-electron chi connectivity index (χ3n) is 4.00. The maximum atomic E-state index is 11.9. The third kappa shape index (κ3) is 2.29. The molecular weight excluding hydrogens is 264 g/mol. The Hall–Kier alpha value is -2.29. The Morgan fingerprint density at radius 3 is 2.43 bits per heavy atom. The zero-order chi connectivity index (χ0) is 15.0. The topological polar surface area (TPSA) is 46.5 Å². The molecule has 3 heteroatoms. The van der Waals surface area contributed by atoms with Crippen molar-refractivity contribution in [2.75, 3.05) is 0 Å². The molecule has 0 bridgehead atoms. The maximum Gasteiger partial charge on any atom is 0.338 e. The first-order valence-electron chi connectivity index (χ1n) is 7.22. The van der Waals surface area contributed by atoms with E-state index in [9.17, 15) is 9.90 Å². The van der Waals surface area contributed by atoms with Gasteiger partial charge in [0.25, 0.3) is 0 Å². The molecule has 1 aliphatic rings. The van der Waals surface area contributed by atoms with Crippen molar-refractivity contribution in [1.29, 1.82) is 0 Å². The predicted octanol–water partition coefficient (Wildman–Crippen LogP) is 3.91. The number of hydrogen-bond acceptors (Lipinski definition) is 3. The van der Waals surface area contributed by atoms with Crippen molar-refractivity contribution in [3.63, 3.8) is 0 Å². The maximum absolute atomic E-state index is 11.9. The molecule has 0 amide bonds. The van der Waals surface area contributed by atoms with E-state index in [-0.39, 0.29) is 0 Å². The van der Waals surface area contributed by atoms with Gasteiger partial charge >= 0.3 is 5.97 Å². The Balaban J connectivity index is 2.27. The van der Waals surface area contributed by atoms with Crippen molar-refractivity contribution < 1.29 is 14.6 Å². The van der Waals surface area contributed by atoms with E-state index in [1.54, 1.807) is 6.92 Å². The Bertz CT molecular complexity index is 744. The average Bonchev–Trinajstić information content (AvgIpc) is 2.51. The first-order valence-corrected chi connectivity index (χ1v) is 7.22. The van der Waals surface area contributed by atoms with Crippen molar-refractivity contribution in [3.8, 4) is 11.5 Å². The van der Waals surface area contributed by atoms with Gasteiger partial charge in [0.05, 0.1) is 0 Å². The minimum Gasteiger partial charge on any atom is -0.507 e. The monoisotopic (exact) mass is 282 g/mol. The molecule has 21 heavy (non-hydrogen) atoms. The molecule has 0 spiro atoms. The van der Waals surface area contributed by atoms with E-state index in [1.165, 1.54) is 0 Å². The Morgan fingerprint density at radius 2 is 1.76 bits per heavy atom. The Labute approximate surface area is 123 Å². The molecule has 1 aliphatic carbocycles. The Kier molecular flexibility index (Phi) is 3.42. The third-order valence-corrected chi connectivity index (χ3v) is 4.00. The molecule has 1 N–H and O–H groups in total. The summed E-state index contributed by atoms with van der Waals surface area (Å²) in [5.74, 6) is 0.500. The number of carbonyl (C=O) groups is 1. The summed E-state index contributed by atoms with van der Waals surface area (Å²) in [6, 6.07) is 7.50.